The summed E-state index contributed by atoms with van der Waals surface area (Å²) in [6.45, 7) is 0. The van der Waals surface area contributed by atoms with Crippen molar-refractivity contribution >= 4 is 17.4 Å². The molecule has 1 heterocycles. The summed E-state index contributed by atoms with van der Waals surface area (Å²) in [4.78, 5) is 12.0. The molecule has 0 aliphatic heterocycles. The first kappa shape index (κ1) is 10.7. The van der Waals surface area contributed by atoms with Crippen molar-refractivity contribution in [3.8, 4) is 0 Å². The highest BCUT2D eigenvalue weighted by Gasteiger charge is 2.25. The average Bonchev–Trinajstić information content (AvgIpc) is 2.08. The van der Waals surface area contributed by atoms with Crippen molar-refractivity contribution in [1.29, 1.82) is 0 Å². The monoisotopic (exact) mass is 226 g/mol. The van der Waals surface area contributed by atoms with E-state index in [0.29, 0.717) is 6.07 Å². The standard InChI is InChI=1S/C6H2ClF3N2O2/c7-4-2(8)1-3(5(9)10)11-6(4)12(13)14/h1,5H. The molecule has 0 aliphatic rings. The highest BCUT2D eigenvalue weighted by molar-refractivity contribution is 6.32. The second-order valence-electron chi connectivity index (χ2n) is 2.22. The number of rotatable bonds is 2. The highest BCUT2D eigenvalue weighted by Crippen LogP contribution is 2.28. The van der Waals surface area contributed by atoms with E-state index in [2.05, 4.69) is 4.98 Å². The summed E-state index contributed by atoms with van der Waals surface area (Å²) in [5, 5.41) is 9.32. The maximum absolute atomic E-state index is 12.8. The van der Waals surface area contributed by atoms with Crippen LogP contribution in [-0.4, -0.2) is 9.91 Å². The van der Waals surface area contributed by atoms with Crippen LogP contribution < -0.4 is 0 Å². The summed E-state index contributed by atoms with van der Waals surface area (Å²) in [5.74, 6) is -2.40. The lowest BCUT2D eigenvalue weighted by Crippen LogP contribution is -2.00. The van der Waals surface area contributed by atoms with Crippen LogP contribution in [0.5, 0.6) is 0 Å². The van der Waals surface area contributed by atoms with Crippen molar-refractivity contribution in [3.05, 3.63) is 32.7 Å². The van der Waals surface area contributed by atoms with Crippen molar-refractivity contribution in [2.75, 3.05) is 0 Å². The molecule has 0 fully saturated rings. The summed E-state index contributed by atoms with van der Waals surface area (Å²) in [6, 6.07) is 0.361. The molecule has 0 bridgehead atoms. The number of hydrogen-bond donors (Lipinski definition) is 0. The molecule has 1 aromatic heterocycles. The largest absolute Gasteiger partial charge is 0.385 e. The summed E-state index contributed by atoms with van der Waals surface area (Å²) in [6.07, 6.45) is -3.08. The Morgan fingerprint density at radius 2 is 2.14 bits per heavy atom. The molecule has 0 radical (unpaired) electrons. The van der Waals surface area contributed by atoms with Gasteiger partial charge in [0, 0.05) is 6.07 Å². The fourth-order valence-electron chi connectivity index (χ4n) is 0.736. The molecule has 1 aromatic rings. The molecule has 8 heteroatoms. The van der Waals surface area contributed by atoms with Gasteiger partial charge in [-0.3, -0.25) is 0 Å². The Balaban J connectivity index is 3.35. The zero-order valence-electron chi connectivity index (χ0n) is 6.38. The highest BCUT2D eigenvalue weighted by atomic mass is 35.5. The molecule has 0 aromatic carbocycles. The smallest absolute Gasteiger partial charge is 0.358 e. The Morgan fingerprint density at radius 1 is 1.57 bits per heavy atom. The molecule has 76 valence electrons. The van der Waals surface area contributed by atoms with Crippen molar-refractivity contribution in [2.45, 2.75) is 6.43 Å². The fourth-order valence-corrected chi connectivity index (χ4v) is 0.902. The predicted molar refractivity (Wildman–Crippen MR) is 40.8 cm³/mol. The van der Waals surface area contributed by atoms with Gasteiger partial charge in [-0.2, -0.15) is 0 Å². The molecule has 14 heavy (non-hydrogen) atoms. The van der Waals surface area contributed by atoms with Gasteiger partial charge in [0.05, 0.1) is 0 Å². The molecule has 0 amide bonds. The third-order valence-corrected chi connectivity index (χ3v) is 1.66. The van der Waals surface area contributed by atoms with Gasteiger partial charge >= 0.3 is 12.2 Å². The van der Waals surface area contributed by atoms with E-state index in [1.165, 1.54) is 0 Å². The van der Waals surface area contributed by atoms with Crippen molar-refractivity contribution < 1.29 is 18.1 Å². The van der Waals surface area contributed by atoms with Gasteiger partial charge in [0.2, 0.25) is 5.69 Å². The molecule has 0 atom stereocenters. The average molecular weight is 227 g/mol. The van der Waals surface area contributed by atoms with E-state index in [9.17, 15) is 23.3 Å². The Hall–Kier alpha value is -1.37. The van der Waals surface area contributed by atoms with E-state index in [1.54, 1.807) is 0 Å². The van der Waals surface area contributed by atoms with E-state index in [-0.39, 0.29) is 0 Å². The molecule has 1 rings (SSSR count). The zero-order chi connectivity index (χ0) is 10.9. The quantitative estimate of drug-likeness (QED) is 0.575. The second-order valence-corrected chi connectivity index (χ2v) is 2.60. The second kappa shape index (κ2) is 3.79. The molecule has 4 nitrogen and oxygen atoms in total. The van der Waals surface area contributed by atoms with Crippen LogP contribution in [0.2, 0.25) is 5.02 Å². The lowest BCUT2D eigenvalue weighted by molar-refractivity contribution is -0.389. The first-order valence-corrected chi connectivity index (χ1v) is 3.59. The van der Waals surface area contributed by atoms with E-state index in [0.717, 1.165) is 0 Å². The van der Waals surface area contributed by atoms with Crippen LogP contribution in [-0.2, 0) is 0 Å². The van der Waals surface area contributed by atoms with Crippen molar-refractivity contribution in [2.24, 2.45) is 0 Å². The lowest BCUT2D eigenvalue weighted by atomic mass is 10.3. The summed E-state index contributed by atoms with van der Waals surface area (Å²) in [7, 11) is 0. The van der Waals surface area contributed by atoms with Crippen LogP contribution in [0.1, 0.15) is 12.1 Å². The minimum atomic E-state index is -3.08. The summed E-state index contributed by atoms with van der Waals surface area (Å²) < 4.78 is 36.8. The van der Waals surface area contributed by atoms with Gasteiger partial charge < -0.3 is 10.1 Å². The lowest BCUT2D eigenvalue weighted by Gasteiger charge is -1.98. The van der Waals surface area contributed by atoms with Gasteiger partial charge in [-0.05, 0) is 9.91 Å². The Bertz CT molecular complexity index is 386. The molecule has 0 N–H and O–H groups in total. The van der Waals surface area contributed by atoms with E-state index in [4.69, 9.17) is 11.6 Å². The Labute approximate surface area is 80.5 Å². The third kappa shape index (κ3) is 1.92. The van der Waals surface area contributed by atoms with E-state index in [1.807, 2.05) is 0 Å². The van der Waals surface area contributed by atoms with Crippen LogP contribution in [0, 0.1) is 15.9 Å². The van der Waals surface area contributed by atoms with Gasteiger partial charge in [0.1, 0.15) is 0 Å². The third-order valence-electron chi connectivity index (χ3n) is 1.31. The molecular weight excluding hydrogens is 225 g/mol. The van der Waals surface area contributed by atoms with Gasteiger partial charge in [-0.15, -0.1) is 0 Å². The molecule has 0 saturated heterocycles. The van der Waals surface area contributed by atoms with Crippen LogP contribution in [0.15, 0.2) is 6.07 Å². The van der Waals surface area contributed by atoms with E-state index >= 15 is 0 Å². The molecular formula is C6H2ClF3N2O2. The maximum Gasteiger partial charge on any atom is 0.385 e. The van der Waals surface area contributed by atoms with Crippen LogP contribution in [0.25, 0.3) is 0 Å². The zero-order valence-corrected chi connectivity index (χ0v) is 7.13. The predicted octanol–water partition coefficient (Wildman–Crippen LogP) is 2.72. The number of pyridine rings is 1. The first-order chi connectivity index (χ1) is 6.43. The maximum atomic E-state index is 12.8. The minimum Gasteiger partial charge on any atom is -0.358 e. The van der Waals surface area contributed by atoms with Gasteiger partial charge in [0.25, 0.3) is 0 Å². The molecule has 0 spiro atoms. The SMILES string of the molecule is O=[N+]([O-])c1nc(C(F)F)cc(F)c1Cl. The van der Waals surface area contributed by atoms with Gasteiger partial charge in [0.15, 0.2) is 10.8 Å². The number of alkyl halides is 2. The fraction of sp³-hybridized carbons (Fsp3) is 0.167. The summed E-state index contributed by atoms with van der Waals surface area (Å²) >= 11 is 5.14. The number of hydrogen-bond acceptors (Lipinski definition) is 3. The minimum absolute atomic E-state index is 0.361. The van der Waals surface area contributed by atoms with Crippen LogP contribution in [0.3, 0.4) is 0 Å². The van der Waals surface area contributed by atoms with Crippen molar-refractivity contribution in [1.82, 2.24) is 4.98 Å². The Kier molecular flexibility index (Phi) is 2.90. The van der Waals surface area contributed by atoms with Crippen LogP contribution >= 0.6 is 11.6 Å². The number of halogens is 4. The topological polar surface area (TPSA) is 56.0 Å². The first-order valence-electron chi connectivity index (χ1n) is 3.22. The van der Waals surface area contributed by atoms with Gasteiger partial charge in [-0.25, -0.2) is 13.2 Å². The van der Waals surface area contributed by atoms with Gasteiger partial charge in [-0.1, -0.05) is 11.6 Å². The van der Waals surface area contributed by atoms with Crippen molar-refractivity contribution in [3.63, 3.8) is 0 Å². The normalized spacial score (nSPS) is 10.6. The molecule has 0 aliphatic carbocycles. The molecule has 0 unspecified atom stereocenters. The number of nitro groups is 1. The summed E-state index contributed by atoms with van der Waals surface area (Å²) in [5.41, 5.74) is -1.02. The number of aromatic nitrogens is 1. The van der Waals surface area contributed by atoms with E-state index < -0.39 is 33.7 Å². The molecule has 0 saturated carbocycles. The van der Waals surface area contributed by atoms with Crippen LogP contribution in [0.4, 0.5) is 19.0 Å². The Morgan fingerprint density at radius 3 is 2.57 bits per heavy atom. The number of nitrogens with zero attached hydrogens (tertiary/aromatic N) is 2.